The summed E-state index contributed by atoms with van der Waals surface area (Å²) in [6.45, 7) is 16.0. The fourth-order valence-corrected chi connectivity index (χ4v) is 15.9. The molecule has 3 aromatic carbocycles. The van der Waals surface area contributed by atoms with Crippen molar-refractivity contribution in [2.24, 2.45) is 0 Å². The van der Waals surface area contributed by atoms with E-state index in [0.29, 0.717) is 24.4 Å². The fraction of sp³-hybridized carbons (Fsp3) is 0.691. The highest BCUT2D eigenvalue weighted by Crippen LogP contribution is 2.54. The van der Waals surface area contributed by atoms with Gasteiger partial charge in [0.25, 0.3) is 17.1 Å². The van der Waals surface area contributed by atoms with E-state index < -0.39 is 78.9 Å². The Morgan fingerprint density at radius 2 is 0.857 bits per heavy atom. The summed E-state index contributed by atoms with van der Waals surface area (Å²) in [5.74, 6) is -0.896. The number of phosphoric acid groups is 2. The quantitative estimate of drug-likeness (QED) is 0.0163. The van der Waals surface area contributed by atoms with Crippen molar-refractivity contribution in [3.05, 3.63) is 127 Å². The number of rotatable bonds is 61. The van der Waals surface area contributed by atoms with Gasteiger partial charge in [0.2, 0.25) is 5.60 Å². The first kappa shape index (κ1) is 94.1. The third kappa shape index (κ3) is 34.3. The molecule has 2 aliphatic heterocycles. The van der Waals surface area contributed by atoms with Crippen molar-refractivity contribution in [3.63, 3.8) is 0 Å². The standard InChI is InChI=1S/C45H69N6O11P.C36H57N2O10P/c1-6-7-8-9-10-11-12-13-14-15-16-17-18-19-20-21-28-55-29-37(58-34(2)3)30-56-63(54,62-36-24-22-35(23-25-36)51(52)53)57-31-39-41-42(61-44(4,5)60-41)45(32-46,59-39)40-27-26-38-43(47)48-33-49-50(38)40;1-4-5-6-7-8-9-10-11-12-13-14-15-16-17-18-19-28-44-29-36(46-31(2)3)30-45-49(43,47-34-24-20-32(21-25-34)37(39)40)48-35-26-22-33(23-27-35)38(41)42/h22-27,33-34,37,39,41-42H,6-21,28-31H2,1-5H3,(H2,47,48,49);20-27,31,36H,4-19,28-30H2,1-3H3/t37-,39-,41-,42-,45+,63?;36-/m11/s1. The summed E-state index contributed by atoms with van der Waals surface area (Å²) < 4.78 is 107. The largest absolute Gasteiger partial charge is 0.587 e. The van der Waals surface area contributed by atoms with Gasteiger partial charge in [0.05, 0.1) is 65.7 Å². The molecule has 112 heavy (non-hydrogen) atoms. The van der Waals surface area contributed by atoms with Gasteiger partial charge in [-0.1, -0.05) is 206 Å². The summed E-state index contributed by atoms with van der Waals surface area (Å²) in [5.41, 5.74) is 4.59. The lowest BCUT2D eigenvalue weighted by molar-refractivity contribution is -0.385. The SMILES string of the molecule is CCCCCCCCCCCCCCCCCCOC[C@H](COP(=O)(OC[C@H]1O[C@@](C#N)(c2ccc3c(N)ncnn23)[C@@H]2OC(C)(C)O[C@@H]21)Oc1ccc([N+](=O)[O-])cc1)OC(C)C.CCCCCCCCCCCCCCCCCCOC[C@H](COP(=O)(Oc1ccc([N+](=O)[O-])cc1)Oc1ccc([N+](=O)[O-])cc1)OC(C)C. The van der Waals surface area contributed by atoms with Gasteiger partial charge in [0, 0.05) is 49.6 Å². The van der Waals surface area contributed by atoms with Crippen LogP contribution in [-0.2, 0) is 61.5 Å². The smallest absolute Gasteiger partial charge is 0.404 e. The maximum Gasteiger partial charge on any atom is 0.587 e. The molecule has 2 fully saturated rings. The normalized spacial score (nSPS) is 17.7. The number of anilines is 1. The van der Waals surface area contributed by atoms with E-state index in [1.54, 1.807) is 26.0 Å². The molecule has 0 spiro atoms. The number of nitriles is 1. The van der Waals surface area contributed by atoms with Gasteiger partial charge < -0.3 is 52.5 Å². The zero-order chi connectivity index (χ0) is 81.0. The summed E-state index contributed by atoms with van der Waals surface area (Å²) in [7, 11) is -8.93. The number of benzene rings is 3. The summed E-state index contributed by atoms with van der Waals surface area (Å²) in [6.07, 6.45) is 38.1. The number of fused-ring (bicyclic) bond motifs is 2. The maximum absolute atomic E-state index is 14.6. The van der Waals surface area contributed by atoms with Crippen molar-refractivity contribution in [2.75, 3.05) is 52.0 Å². The highest BCUT2D eigenvalue weighted by Gasteiger charge is 2.66. The molecule has 2 saturated heterocycles. The molecule has 0 radical (unpaired) electrons. The molecule has 5 aromatic rings. The lowest BCUT2D eigenvalue weighted by Gasteiger charge is -2.29. The third-order valence-electron chi connectivity index (χ3n) is 19.1. The molecule has 1 unspecified atom stereocenters. The number of unbranched alkanes of at least 4 members (excludes halogenated alkanes) is 30. The zero-order valence-electron chi connectivity index (χ0n) is 67.5. The molecule has 626 valence electrons. The van der Waals surface area contributed by atoms with Gasteiger partial charge in [-0.25, -0.2) is 18.6 Å². The molecular formula is C81H126N8O21P2. The predicted octanol–water partition coefficient (Wildman–Crippen LogP) is 21.3. The Morgan fingerprint density at radius 1 is 0.500 bits per heavy atom. The van der Waals surface area contributed by atoms with E-state index in [2.05, 4.69) is 30.0 Å². The van der Waals surface area contributed by atoms with Crippen molar-refractivity contribution < 1.29 is 84.2 Å². The van der Waals surface area contributed by atoms with Crippen molar-refractivity contribution >= 4 is 44.0 Å². The van der Waals surface area contributed by atoms with Gasteiger partial charge in [-0.2, -0.15) is 10.4 Å². The fourth-order valence-electron chi connectivity index (χ4n) is 13.4. The highest BCUT2D eigenvalue weighted by molar-refractivity contribution is 7.49. The summed E-state index contributed by atoms with van der Waals surface area (Å²) >= 11 is 0. The van der Waals surface area contributed by atoms with E-state index in [1.807, 2.05) is 27.7 Å². The van der Waals surface area contributed by atoms with Crippen LogP contribution in [0.4, 0.5) is 22.9 Å². The summed E-state index contributed by atoms with van der Waals surface area (Å²) in [4.78, 5) is 35.7. The number of nitrogens with two attached hydrogens (primary N) is 1. The number of nitro groups is 3. The first-order valence-corrected chi connectivity index (χ1v) is 43.8. The second kappa shape index (κ2) is 51.2. The number of hydrogen-bond donors (Lipinski definition) is 1. The Hall–Kier alpha value is -6.77. The van der Waals surface area contributed by atoms with Gasteiger partial charge in [-0.3, -0.25) is 43.9 Å². The molecule has 4 heterocycles. The molecule has 0 saturated carbocycles. The van der Waals surface area contributed by atoms with Crippen molar-refractivity contribution in [1.82, 2.24) is 14.6 Å². The van der Waals surface area contributed by atoms with Gasteiger partial charge in [0.15, 0.2) is 11.6 Å². The number of phosphoric ester groups is 2. The minimum Gasteiger partial charge on any atom is -0.404 e. The van der Waals surface area contributed by atoms with Gasteiger partial charge in [0.1, 0.15) is 65.7 Å². The van der Waals surface area contributed by atoms with Crippen LogP contribution in [0.15, 0.2) is 91.3 Å². The van der Waals surface area contributed by atoms with Crippen LogP contribution in [0.25, 0.3) is 5.52 Å². The number of hydrogen-bond acceptors (Lipinski definition) is 25. The number of non-ortho nitro benzene ring substituents is 3. The van der Waals surface area contributed by atoms with E-state index in [1.165, 1.54) is 257 Å². The number of ether oxygens (including phenoxy) is 7. The highest BCUT2D eigenvalue weighted by atomic mass is 31.2. The molecule has 0 aliphatic carbocycles. The van der Waals surface area contributed by atoms with Crippen LogP contribution in [0.5, 0.6) is 17.2 Å². The minimum atomic E-state index is -4.54. The van der Waals surface area contributed by atoms with E-state index in [9.17, 15) is 44.7 Å². The average molecular weight is 1610 g/mol. The Kier molecular flexibility index (Phi) is 43.0. The Morgan fingerprint density at radius 3 is 1.21 bits per heavy atom. The molecule has 0 amide bonds. The van der Waals surface area contributed by atoms with E-state index in [-0.39, 0.29) is 78.8 Å². The minimum absolute atomic E-state index is 0.000100. The van der Waals surface area contributed by atoms with Crippen molar-refractivity contribution in [1.29, 1.82) is 5.26 Å². The topological polar surface area (TPSA) is 364 Å². The number of aromatic nitrogens is 3. The van der Waals surface area contributed by atoms with E-state index in [4.69, 9.17) is 66.0 Å². The monoisotopic (exact) mass is 1610 g/mol. The Labute approximate surface area is 662 Å². The molecule has 2 aromatic heterocycles. The molecule has 0 bridgehead atoms. The third-order valence-corrected chi connectivity index (χ3v) is 21.8. The maximum atomic E-state index is 14.6. The van der Waals surface area contributed by atoms with Crippen LogP contribution in [0.1, 0.15) is 267 Å². The molecule has 29 nitrogen and oxygen atoms in total. The second-order valence-electron chi connectivity index (χ2n) is 29.9. The molecule has 7 atom stereocenters. The molecule has 31 heteroatoms. The van der Waals surface area contributed by atoms with Crippen LogP contribution in [0.2, 0.25) is 0 Å². The second-order valence-corrected chi connectivity index (χ2v) is 33.0. The van der Waals surface area contributed by atoms with Crippen LogP contribution >= 0.6 is 15.6 Å². The van der Waals surface area contributed by atoms with Crippen molar-refractivity contribution in [2.45, 2.75) is 315 Å². The van der Waals surface area contributed by atoms with E-state index >= 15 is 0 Å². The number of nitro benzene ring substituents is 3. The van der Waals surface area contributed by atoms with Crippen LogP contribution in [0, 0.1) is 41.7 Å². The number of nitrogen functional groups attached to an aromatic ring is 1. The van der Waals surface area contributed by atoms with Gasteiger partial charge in [-0.15, -0.1) is 0 Å². The molecule has 7 rings (SSSR count). The predicted molar refractivity (Wildman–Crippen MR) is 428 cm³/mol. The Balaban J connectivity index is 0.000000361. The van der Waals surface area contributed by atoms with Crippen LogP contribution < -0.4 is 19.3 Å². The lowest BCUT2D eigenvalue weighted by atomic mass is 9.92. The molecular weight excluding hydrogens is 1480 g/mol. The van der Waals surface area contributed by atoms with E-state index in [0.717, 1.165) is 32.1 Å². The van der Waals surface area contributed by atoms with Gasteiger partial charge in [-0.05, 0) is 103 Å². The van der Waals surface area contributed by atoms with Gasteiger partial charge >= 0.3 is 15.6 Å². The lowest BCUT2D eigenvalue weighted by Crippen LogP contribution is -2.40. The van der Waals surface area contributed by atoms with Crippen LogP contribution in [0.3, 0.4) is 0 Å². The zero-order valence-corrected chi connectivity index (χ0v) is 69.2. The first-order valence-electron chi connectivity index (χ1n) is 40.9. The average Bonchev–Trinajstić information content (AvgIpc) is 1.55. The molecule has 2 N–H and O–H groups in total. The van der Waals surface area contributed by atoms with Crippen LogP contribution in [-0.4, -0.2) is 124 Å². The molecule has 2 aliphatic rings. The first-order chi connectivity index (χ1) is 53.9. The Bertz CT molecular complexity index is 3560. The van der Waals surface area contributed by atoms with Crippen molar-refractivity contribution in [3.8, 4) is 23.3 Å². The summed E-state index contributed by atoms with van der Waals surface area (Å²) in [6, 6.07) is 20.5. The number of nitrogens with zero attached hydrogens (tertiary/aromatic N) is 7. The summed E-state index contributed by atoms with van der Waals surface area (Å²) in [5, 5.41) is 48.5.